The van der Waals surface area contributed by atoms with Gasteiger partial charge in [-0.15, -0.1) is 0 Å². The normalized spacial score (nSPS) is 19.9. The molecule has 0 aromatic rings. The summed E-state index contributed by atoms with van der Waals surface area (Å²) >= 11 is 0. The second-order valence-electron chi connectivity index (χ2n) is 4.16. The summed E-state index contributed by atoms with van der Waals surface area (Å²) in [6.07, 6.45) is 2.22. The lowest BCUT2D eigenvalue weighted by atomic mass is 10.0. The molecule has 0 heterocycles. The van der Waals surface area contributed by atoms with Crippen LogP contribution in [0.5, 0.6) is 0 Å². The molecule has 0 spiro atoms. The number of nitrogens with two attached hydrogens (primary N) is 1. The highest BCUT2D eigenvalue weighted by Gasteiger charge is 2.37. The van der Waals surface area contributed by atoms with Crippen LogP contribution in [0.1, 0.15) is 19.8 Å². The first-order valence-electron chi connectivity index (χ1n) is 5.23. The fraction of sp³-hybridized carbons (Fsp3) is 0.900. The van der Waals surface area contributed by atoms with Crippen LogP contribution >= 0.6 is 0 Å². The van der Waals surface area contributed by atoms with Crippen molar-refractivity contribution in [1.29, 1.82) is 0 Å². The molecule has 0 aromatic heterocycles. The molecule has 1 saturated carbocycles. The molecular formula is C10H20N2O3. The molecule has 0 bridgehead atoms. The fourth-order valence-electron chi connectivity index (χ4n) is 1.28. The van der Waals surface area contributed by atoms with Gasteiger partial charge in [-0.25, -0.2) is 0 Å². The van der Waals surface area contributed by atoms with Crippen molar-refractivity contribution >= 4 is 5.91 Å². The van der Waals surface area contributed by atoms with Crippen LogP contribution in [0.25, 0.3) is 0 Å². The lowest BCUT2D eigenvalue weighted by Gasteiger charge is -2.27. The summed E-state index contributed by atoms with van der Waals surface area (Å²) in [5.74, 6) is -0.369. The zero-order valence-corrected chi connectivity index (χ0v) is 9.41. The molecule has 15 heavy (non-hydrogen) atoms. The molecule has 1 aliphatic carbocycles. The third-order valence-corrected chi connectivity index (χ3v) is 2.47. The summed E-state index contributed by atoms with van der Waals surface area (Å²) in [6, 6.07) is 0.425. The van der Waals surface area contributed by atoms with Crippen LogP contribution in [0.2, 0.25) is 0 Å². The van der Waals surface area contributed by atoms with E-state index in [-0.39, 0.29) is 5.91 Å². The molecule has 1 aliphatic rings. The molecule has 1 rings (SSSR count). The highest BCUT2D eigenvalue weighted by Crippen LogP contribution is 2.22. The Kier molecular flexibility index (Phi) is 4.50. The molecule has 0 saturated heterocycles. The minimum Gasteiger partial charge on any atom is -0.382 e. The topological polar surface area (TPSA) is 73.6 Å². The zero-order valence-electron chi connectivity index (χ0n) is 9.41. The lowest BCUT2D eigenvalue weighted by molar-refractivity contribution is -0.126. The molecule has 1 fully saturated rings. The minimum atomic E-state index is -0.755. The maximum absolute atomic E-state index is 11.3. The average molecular weight is 216 g/mol. The van der Waals surface area contributed by atoms with Gasteiger partial charge in [-0.2, -0.15) is 0 Å². The van der Waals surface area contributed by atoms with E-state index in [1.54, 1.807) is 14.0 Å². The molecular weight excluding hydrogens is 196 g/mol. The number of carbonyl (C=O) groups is 1. The number of amides is 1. The number of nitrogens with one attached hydrogen (secondary N) is 1. The van der Waals surface area contributed by atoms with Gasteiger partial charge in [-0.3, -0.25) is 10.1 Å². The van der Waals surface area contributed by atoms with E-state index in [0.29, 0.717) is 25.9 Å². The van der Waals surface area contributed by atoms with Crippen LogP contribution in [0.4, 0.5) is 0 Å². The number of methoxy groups -OCH3 is 1. The molecule has 88 valence electrons. The molecule has 1 unspecified atom stereocenters. The van der Waals surface area contributed by atoms with E-state index >= 15 is 0 Å². The van der Waals surface area contributed by atoms with E-state index in [0.717, 1.165) is 12.8 Å². The summed E-state index contributed by atoms with van der Waals surface area (Å²) < 4.78 is 10.2. The smallest absolute Gasteiger partial charge is 0.239 e. The molecule has 5 heteroatoms. The van der Waals surface area contributed by atoms with E-state index in [1.165, 1.54) is 0 Å². The van der Waals surface area contributed by atoms with Gasteiger partial charge in [-0.1, -0.05) is 0 Å². The van der Waals surface area contributed by atoms with Crippen LogP contribution in [-0.2, 0) is 14.3 Å². The summed E-state index contributed by atoms with van der Waals surface area (Å²) in [6.45, 7) is 3.08. The van der Waals surface area contributed by atoms with Crippen molar-refractivity contribution in [2.45, 2.75) is 31.3 Å². The van der Waals surface area contributed by atoms with Crippen molar-refractivity contribution < 1.29 is 14.3 Å². The Bertz CT molecular complexity index is 219. The fourth-order valence-corrected chi connectivity index (χ4v) is 1.28. The van der Waals surface area contributed by atoms with E-state index in [4.69, 9.17) is 15.2 Å². The highest BCUT2D eigenvalue weighted by molar-refractivity contribution is 5.84. The molecule has 0 radical (unpaired) electrons. The van der Waals surface area contributed by atoms with Crippen molar-refractivity contribution in [2.75, 3.05) is 26.9 Å². The summed E-state index contributed by atoms with van der Waals surface area (Å²) in [7, 11) is 1.61. The van der Waals surface area contributed by atoms with Gasteiger partial charge in [0.2, 0.25) is 5.91 Å². The van der Waals surface area contributed by atoms with Crippen LogP contribution in [0.15, 0.2) is 0 Å². The quantitative estimate of drug-likeness (QED) is 0.544. The van der Waals surface area contributed by atoms with E-state index in [1.807, 2.05) is 0 Å². The SMILES string of the molecule is COCCOCC(C)(NC1CC1)C(N)=O. The van der Waals surface area contributed by atoms with Crippen LogP contribution in [0.3, 0.4) is 0 Å². The third kappa shape index (κ3) is 4.15. The van der Waals surface area contributed by atoms with E-state index in [9.17, 15) is 4.79 Å². The van der Waals surface area contributed by atoms with Crippen molar-refractivity contribution in [1.82, 2.24) is 5.32 Å². The average Bonchev–Trinajstić information content (AvgIpc) is 2.96. The molecule has 1 amide bonds. The summed E-state index contributed by atoms with van der Waals surface area (Å²) in [5.41, 5.74) is 4.59. The zero-order chi connectivity index (χ0) is 11.3. The number of ether oxygens (including phenoxy) is 2. The van der Waals surface area contributed by atoms with E-state index < -0.39 is 5.54 Å². The largest absolute Gasteiger partial charge is 0.382 e. The predicted molar refractivity (Wildman–Crippen MR) is 56.5 cm³/mol. The number of carbonyl (C=O) groups excluding carboxylic acids is 1. The predicted octanol–water partition coefficient (Wildman–Crippen LogP) is -0.355. The standard InChI is InChI=1S/C10H20N2O3/c1-10(9(11)13,12-8-3-4-8)7-15-6-5-14-2/h8,12H,3-7H2,1-2H3,(H2,11,13). The lowest BCUT2D eigenvalue weighted by Crippen LogP contribution is -2.57. The first-order valence-corrected chi connectivity index (χ1v) is 5.23. The highest BCUT2D eigenvalue weighted by atomic mass is 16.5. The molecule has 3 N–H and O–H groups in total. The molecule has 0 aromatic carbocycles. The second kappa shape index (κ2) is 5.44. The Morgan fingerprint density at radius 2 is 2.20 bits per heavy atom. The van der Waals surface area contributed by atoms with Crippen molar-refractivity contribution in [3.63, 3.8) is 0 Å². The van der Waals surface area contributed by atoms with Crippen molar-refractivity contribution in [3.05, 3.63) is 0 Å². The van der Waals surface area contributed by atoms with Crippen LogP contribution < -0.4 is 11.1 Å². The number of rotatable bonds is 8. The Labute approximate surface area is 90.3 Å². The van der Waals surface area contributed by atoms with Gasteiger partial charge in [-0.05, 0) is 19.8 Å². The van der Waals surface area contributed by atoms with Gasteiger partial charge in [0.25, 0.3) is 0 Å². The summed E-state index contributed by atoms with van der Waals surface area (Å²) in [4.78, 5) is 11.3. The van der Waals surface area contributed by atoms with Gasteiger partial charge in [0.15, 0.2) is 0 Å². The second-order valence-corrected chi connectivity index (χ2v) is 4.16. The van der Waals surface area contributed by atoms with Crippen molar-refractivity contribution in [3.8, 4) is 0 Å². The van der Waals surface area contributed by atoms with Gasteiger partial charge < -0.3 is 15.2 Å². The Morgan fingerprint density at radius 1 is 1.53 bits per heavy atom. The first-order chi connectivity index (χ1) is 7.08. The number of hydrogen-bond donors (Lipinski definition) is 2. The number of hydrogen-bond acceptors (Lipinski definition) is 4. The number of primary amides is 1. The maximum atomic E-state index is 11.3. The van der Waals surface area contributed by atoms with Gasteiger partial charge in [0.1, 0.15) is 5.54 Å². The molecule has 1 atom stereocenters. The Morgan fingerprint density at radius 3 is 2.67 bits per heavy atom. The molecule has 0 aliphatic heterocycles. The Balaban J connectivity index is 2.31. The first kappa shape index (κ1) is 12.4. The maximum Gasteiger partial charge on any atom is 0.239 e. The Hall–Kier alpha value is -0.650. The third-order valence-electron chi connectivity index (χ3n) is 2.47. The summed E-state index contributed by atoms with van der Waals surface area (Å²) in [5, 5.41) is 3.20. The van der Waals surface area contributed by atoms with Gasteiger partial charge in [0, 0.05) is 13.2 Å². The minimum absolute atomic E-state index is 0.294. The van der Waals surface area contributed by atoms with E-state index in [2.05, 4.69) is 5.32 Å². The van der Waals surface area contributed by atoms with Gasteiger partial charge in [0.05, 0.1) is 19.8 Å². The van der Waals surface area contributed by atoms with Crippen molar-refractivity contribution in [2.24, 2.45) is 5.73 Å². The van der Waals surface area contributed by atoms with Gasteiger partial charge >= 0.3 is 0 Å². The van der Waals surface area contributed by atoms with Crippen LogP contribution in [0, 0.1) is 0 Å². The monoisotopic (exact) mass is 216 g/mol. The molecule has 5 nitrogen and oxygen atoms in total. The van der Waals surface area contributed by atoms with Crippen LogP contribution in [-0.4, -0.2) is 44.4 Å².